The van der Waals surface area contributed by atoms with Crippen molar-refractivity contribution in [2.45, 2.75) is 19.3 Å². The van der Waals surface area contributed by atoms with E-state index in [1.165, 1.54) is 30.4 Å². The zero-order valence-corrected chi connectivity index (χ0v) is 18.3. The number of anilines is 5. The quantitative estimate of drug-likeness (QED) is 0.684. The average molecular weight is 416 g/mol. The van der Waals surface area contributed by atoms with Gasteiger partial charge >= 0.3 is 0 Å². The lowest BCUT2D eigenvalue weighted by Gasteiger charge is -2.35. The van der Waals surface area contributed by atoms with Gasteiger partial charge in [-0.05, 0) is 54.7 Å². The number of pyridine rings is 1. The molecule has 1 aromatic carbocycles. The monoisotopic (exact) mass is 415 g/mol. The summed E-state index contributed by atoms with van der Waals surface area (Å²) in [7, 11) is 4.04. The fourth-order valence-electron chi connectivity index (χ4n) is 4.33. The van der Waals surface area contributed by atoms with Crippen molar-refractivity contribution in [2.24, 2.45) is 0 Å². The molecule has 1 N–H and O–H groups in total. The summed E-state index contributed by atoms with van der Waals surface area (Å²) < 4.78 is 0. The van der Waals surface area contributed by atoms with E-state index < -0.39 is 0 Å². The summed E-state index contributed by atoms with van der Waals surface area (Å²) in [5.74, 6) is 3.54. The Kier molecular flexibility index (Phi) is 5.32. The Morgan fingerprint density at radius 1 is 0.871 bits per heavy atom. The molecule has 1 fully saturated rings. The molecule has 2 aromatic heterocycles. The smallest absolute Gasteiger partial charge is 0.229 e. The van der Waals surface area contributed by atoms with Crippen LogP contribution in [0.1, 0.15) is 17.5 Å². The summed E-state index contributed by atoms with van der Waals surface area (Å²) in [6.07, 6.45) is 5.47. The summed E-state index contributed by atoms with van der Waals surface area (Å²) in [6.45, 7) is 3.54. The summed E-state index contributed by atoms with van der Waals surface area (Å²) in [5, 5.41) is 3.52. The third kappa shape index (κ3) is 4.26. The molecule has 7 nitrogen and oxygen atoms in total. The molecule has 2 aliphatic rings. The number of nitrogens with one attached hydrogen (secondary N) is 1. The number of hydrogen-bond donors (Lipinski definition) is 1. The van der Waals surface area contributed by atoms with Gasteiger partial charge in [0, 0.05) is 58.2 Å². The standard InChI is InChI=1S/C24H29N7/c1-29(2)23-17-21(26-20-10-9-18-6-5-7-19(18)16-20)27-24(28-23)31-14-12-30(13-15-31)22-8-3-4-11-25-22/h3-4,8-11,16-17H,5-7,12-15H2,1-2H3,(H,26,27,28). The normalized spacial score (nSPS) is 15.7. The predicted molar refractivity (Wildman–Crippen MR) is 127 cm³/mol. The van der Waals surface area contributed by atoms with Gasteiger partial charge in [-0.25, -0.2) is 4.98 Å². The number of fused-ring (bicyclic) bond motifs is 1. The minimum absolute atomic E-state index is 0.774. The minimum atomic E-state index is 0.774. The third-order valence-corrected chi connectivity index (χ3v) is 6.07. The molecule has 0 bridgehead atoms. The second-order valence-corrected chi connectivity index (χ2v) is 8.43. The lowest BCUT2D eigenvalue weighted by atomic mass is 10.1. The fraction of sp³-hybridized carbons (Fsp3) is 0.375. The summed E-state index contributed by atoms with van der Waals surface area (Å²) >= 11 is 0. The van der Waals surface area contributed by atoms with E-state index in [2.05, 4.69) is 44.4 Å². The van der Waals surface area contributed by atoms with E-state index in [0.717, 1.165) is 55.3 Å². The van der Waals surface area contributed by atoms with Gasteiger partial charge < -0.3 is 20.0 Å². The highest BCUT2D eigenvalue weighted by atomic mass is 15.3. The molecule has 3 heterocycles. The SMILES string of the molecule is CN(C)c1cc(Nc2ccc3c(c2)CCC3)nc(N2CCN(c3ccccn3)CC2)n1. The van der Waals surface area contributed by atoms with Crippen LogP contribution in [0, 0.1) is 0 Å². The Morgan fingerprint density at radius 3 is 2.45 bits per heavy atom. The molecule has 0 unspecified atom stereocenters. The van der Waals surface area contributed by atoms with Gasteiger partial charge in [-0.1, -0.05) is 12.1 Å². The largest absolute Gasteiger partial charge is 0.363 e. The molecule has 1 aliphatic carbocycles. The van der Waals surface area contributed by atoms with E-state index in [-0.39, 0.29) is 0 Å². The highest BCUT2D eigenvalue weighted by Crippen LogP contribution is 2.28. The van der Waals surface area contributed by atoms with Gasteiger partial charge in [0.1, 0.15) is 17.5 Å². The van der Waals surface area contributed by atoms with Crippen LogP contribution in [0.3, 0.4) is 0 Å². The molecule has 3 aromatic rings. The first kappa shape index (κ1) is 19.6. The van der Waals surface area contributed by atoms with Gasteiger partial charge in [-0.15, -0.1) is 0 Å². The summed E-state index contributed by atoms with van der Waals surface area (Å²) in [6, 6.07) is 14.7. The molecule has 31 heavy (non-hydrogen) atoms. The number of hydrogen-bond acceptors (Lipinski definition) is 7. The third-order valence-electron chi connectivity index (χ3n) is 6.07. The maximum atomic E-state index is 4.87. The van der Waals surface area contributed by atoms with Gasteiger partial charge in [0.05, 0.1) is 0 Å². The van der Waals surface area contributed by atoms with Crippen molar-refractivity contribution in [1.29, 1.82) is 0 Å². The molecule has 0 amide bonds. The number of aromatic nitrogens is 3. The van der Waals surface area contributed by atoms with Crippen LogP contribution in [0.2, 0.25) is 0 Å². The lowest BCUT2D eigenvalue weighted by Crippen LogP contribution is -2.47. The topological polar surface area (TPSA) is 60.4 Å². The first-order valence-corrected chi connectivity index (χ1v) is 11.0. The maximum absolute atomic E-state index is 4.87. The van der Waals surface area contributed by atoms with Crippen LogP contribution in [0.4, 0.5) is 29.1 Å². The highest BCUT2D eigenvalue weighted by Gasteiger charge is 2.21. The van der Waals surface area contributed by atoms with E-state index >= 15 is 0 Å². The van der Waals surface area contributed by atoms with Crippen LogP contribution in [0.5, 0.6) is 0 Å². The molecule has 5 rings (SSSR count). The Bertz CT molecular complexity index is 1040. The Labute approximate surface area is 183 Å². The number of benzene rings is 1. The molecule has 1 aliphatic heterocycles. The fourth-order valence-corrected chi connectivity index (χ4v) is 4.33. The van der Waals surface area contributed by atoms with Crippen LogP contribution < -0.4 is 20.0 Å². The predicted octanol–water partition coefficient (Wildman–Crippen LogP) is 3.50. The van der Waals surface area contributed by atoms with Crippen LogP contribution in [0.25, 0.3) is 0 Å². The van der Waals surface area contributed by atoms with Crippen LogP contribution in [0.15, 0.2) is 48.7 Å². The molecular formula is C24H29N7. The molecular weight excluding hydrogens is 386 g/mol. The van der Waals surface area contributed by atoms with Crippen molar-refractivity contribution in [3.8, 4) is 0 Å². The van der Waals surface area contributed by atoms with E-state index in [9.17, 15) is 0 Å². The second-order valence-electron chi connectivity index (χ2n) is 8.43. The van der Waals surface area contributed by atoms with Gasteiger partial charge in [-0.2, -0.15) is 9.97 Å². The first-order valence-electron chi connectivity index (χ1n) is 11.0. The summed E-state index contributed by atoms with van der Waals surface area (Å²) in [5.41, 5.74) is 4.03. The van der Waals surface area contributed by atoms with Gasteiger partial charge in [-0.3, -0.25) is 0 Å². The van der Waals surface area contributed by atoms with Crippen molar-refractivity contribution in [3.63, 3.8) is 0 Å². The van der Waals surface area contributed by atoms with E-state index in [1.54, 1.807) is 0 Å². The van der Waals surface area contributed by atoms with Gasteiger partial charge in [0.25, 0.3) is 0 Å². The number of aryl methyl sites for hydroxylation is 2. The van der Waals surface area contributed by atoms with Crippen molar-refractivity contribution in [3.05, 3.63) is 59.8 Å². The molecule has 0 atom stereocenters. The molecule has 160 valence electrons. The van der Waals surface area contributed by atoms with Crippen LogP contribution in [-0.4, -0.2) is 55.2 Å². The Balaban J connectivity index is 1.35. The second kappa shape index (κ2) is 8.41. The first-order chi connectivity index (χ1) is 15.2. The number of rotatable bonds is 5. The van der Waals surface area contributed by atoms with E-state index in [1.807, 2.05) is 43.4 Å². The molecule has 0 saturated carbocycles. The Hall–Kier alpha value is -3.35. The number of piperazine rings is 1. The Morgan fingerprint density at radius 2 is 1.68 bits per heavy atom. The van der Waals surface area contributed by atoms with Crippen molar-refractivity contribution in [2.75, 3.05) is 60.3 Å². The highest BCUT2D eigenvalue weighted by molar-refractivity contribution is 5.63. The van der Waals surface area contributed by atoms with Crippen molar-refractivity contribution < 1.29 is 0 Å². The average Bonchev–Trinajstić information content (AvgIpc) is 3.27. The molecule has 0 radical (unpaired) electrons. The van der Waals surface area contributed by atoms with Gasteiger partial charge in [0.2, 0.25) is 5.95 Å². The summed E-state index contributed by atoms with van der Waals surface area (Å²) in [4.78, 5) is 20.8. The minimum Gasteiger partial charge on any atom is -0.363 e. The zero-order valence-electron chi connectivity index (χ0n) is 18.3. The van der Waals surface area contributed by atoms with Crippen molar-refractivity contribution >= 4 is 29.1 Å². The van der Waals surface area contributed by atoms with Crippen LogP contribution >= 0.6 is 0 Å². The zero-order chi connectivity index (χ0) is 21.2. The maximum Gasteiger partial charge on any atom is 0.229 e. The number of nitrogens with zero attached hydrogens (tertiary/aromatic N) is 6. The molecule has 0 spiro atoms. The molecule has 7 heteroatoms. The van der Waals surface area contributed by atoms with E-state index in [0.29, 0.717) is 0 Å². The lowest BCUT2D eigenvalue weighted by molar-refractivity contribution is 0.635. The molecule has 1 saturated heterocycles. The van der Waals surface area contributed by atoms with Crippen LogP contribution in [-0.2, 0) is 12.8 Å². The van der Waals surface area contributed by atoms with Crippen molar-refractivity contribution in [1.82, 2.24) is 15.0 Å². The van der Waals surface area contributed by atoms with E-state index in [4.69, 9.17) is 9.97 Å². The van der Waals surface area contributed by atoms with Gasteiger partial charge in [0.15, 0.2) is 0 Å².